The predicted octanol–water partition coefficient (Wildman–Crippen LogP) is 3.86. The topological polar surface area (TPSA) is 66.9 Å². The number of anilines is 2. The zero-order chi connectivity index (χ0) is 16.1. The minimum atomic E-state index is -0.199. The van der Waals surface area contributed by atoms with Crippen LogP contribution in [0.2, 0.25) is 5.02 Å². The zero-order valence-electron chi connectivity index (χ0n) is 12.5. The molecule has 0 fully saturated rings. The largest absolute Gasteiger partial charge is 0.355 e. The number of rotatable bonds is 6. The molecule has 0 bridgehead atoms. The van der Waals surface area contributed by atoms with Gasteiger partial charge in [-0.15, -0.1) is 10.2 Å². The van der Waals surface area contributed by atoms with Gasteiger partial charge in [-0.1, -0.05) is 40.8 Å². The van der Waals surface area contributed by atoms with Gasteiger partial charge in [-0.25, -0.2) is 0 Å². The molecule has 1 amide bonds. The summed E-state index contributed by atoms with van der Waals surface area (Å²) in [4.78, 5) is 11.7. The SMILES string of the molecule is CCNC(=O)[C@@H](C)Sc1nnc(Nc2ccc(C)c(Cl)c2)s1. The molecule has 0 aliphatic rings. The van der Waals surface area contributed by atoms with Crippen molar-refractivity contribution < 1.29 is 4.79 Å². The van der Waals surface area contributed by atoms with Crippen LogP contribution >= 0.6 is 34.7 Å². The second-order valence-electron chi connectivity index (χ2n) is 4.62. The lowest BCUT2D eigenvalue weighted by Crippen LogP contribution is -2.30. The lowest BCUT2D eigenvalue weighted by atomic mass is 10.2. The van der Waals surface area contributed by atoms with Gasteiger partial charge in [0.05, 0.1) is 5.25 Å². The van der Waals surface area contributed by atoms with E-state index in [4.69, 9.17) is 11.6 Å². The van der Waals surface area contributed by atoms with E-state index < -0.39 is 0 Å². The number of carbonyl (C=O) groups is 1. The van der Waals surface area contributed by atoms with Gasteiger partial charge in [0.2, 0.25) is 11.0 Å². The van der Waals surface area contributed by atoms with Crippen molar-refractivity contribution >= 4 is 51.4 Å². The molecule has 0 spiro atoms. The van der Waals surface area contributed by atoms with E-state index in [0.29, 0.717) is 16.7 Å². The van der Waals surface area contributed by atoms with Crippen LogP contribution in [0.3, 0.4) is 0 Å². The number of aromatic nitrogens is 2. The van der Waals surface area contributed by atoms with E-state index in [1.165, 1.54) is 23.1 Å². The highest BCUT2D eigenvalue weighted by molar-refractivity contribution is 8.02. The molecule has 22 heavy (non-hydrogen) atoms. The third kappa shape index (κ3) is 4.59. The Bertz CT molecular complexity index is 662. The van der Waals surface area contributed by atoms with Crippen LogP contribution in [-0.4, -0.2) is 27.9 Å². The van der Waals surface area contributed by atoms with Crippen LogP contribution in [0, 0.1) is 6.92 Å². The van der Waals surface area contributed by atoms with Crippen molar-refractivity contribution in [3.8, 4) is 0 Å². The summed E-state index contributed by atoms with van der Waals surface area (Å²) in [5.74, 6) is 0.00234. The van der Waals surface area contributed by atoms with Gasteiger partial charge in [0, 0.05) is 17.3 Å². The highest BCUT2D eigenvalue weighted by Gasteiger charge is 2.16. The number of hydrogen-bond acceptors (Lipinski definition) is 6. The highest BCUT2D eigenvalue weighted by atomic mass is 35.5. The summed E-state index contributed by atoms with van der Waals surface area (Å²) >= 11 is 8.90. The molecular weight excluding hydrogens is 340 g/mol. The van der Waals surface area contributed by atoms with Crippen LogP contribution in [0.4, 0.5) is 10.8 Å². The molecule has 2 rings (SSSR count). The van der Waals surface area contributed by atoms with E-state index in [1.54, 1.807) is 0 Å². The van der Waals surface area contributed by atoms with Crippen molar-refractivity contribution in [2.24, 2.45) is 0 Å². The Morgan fingerprint density at radius 1 is 1.45 bits per heavy atom. The first kappa shape index (κ1) is 17.1. The van der Waals surface area contributed by atoms with Gasteiger partial charge >= 0.3 is 0 Å². The van der Waals surface area contributed by atoms with E-state index in [2.05, 4.69) is 20.8 Å². The van der Waals surface area contributed by atoms with Crippen LogP contribution in [-0.2, 0) is 4.79 Å². The minimum absolute atomic E-state index is 0.00234. The Kier molecular flexibility index (Phi) is 6.05. The Balaban J connectivity index is 1.99. The van der Waals surface area contributed by atoms with E-state index in [9.17, 15) is 4.79 Å². The molecule has 0 saturated heterocycles. The highest BCUT2D eigenvalue weighted by Crippen LogP contribution is 2.31. The van der Waals surface area contributed by atoms with Crippen LogP contribution < -0.4 is 10.6 Å². The van der Waals surface area contributed by atoms with Gasteiger partial charge in [-0.2, -0.15) is 0 Å². The normalized spacial score (nSPS) is 12.0. The maximum absolute atomic E-state index is 11.7. The predicted molar refractivity (Wildman–Crippen MR) is 93.4 cm³/mol. The average molecular weight is 357 g/mol. The van der Waals surface area contributed by atoms with Gasteiger partial charge in [0.1, 0.15) is 0 Å². The van der Waals surface area contributed by atoms with E-state index >= 15 is 0 Å². The first-order valence-electron chi connectivity index (χ1n) is 6.80. The van der Waals surface area contributed by atoms with Gasteiger partial charge in [0.25, 0.3) is 0 Å². The number of halogens is 1. The fraction of sp³-hybridized carbons (Fsp3) is 0.357. The number of nitrogens with zero attached hydrogens (tertiary/aromatic N) is 2. The summed E-state index contributed by atoms with van der Waals surface area (Å²) in [7, 11) is 0. The van der Waals surface area contributed by atoms with Gasteiger partial charge in [0.15, 0.2) is 4.34 Å². The number of hydrogen-bond donors (Lipinski definition) is 2. The Hall–Kier alpha value is -1.31. The summed E-state index contributed by atoms with van der Waals surface area (Å²) in [6.07, 6.45) is 0. The maximum Gasteiger partial charge on any atom is 0.233 e. The lowest BCUT2D eigenvalue weighted by Gasteiger charge is -2.07. The fourth-order valence-corrected chi connectivity index (χ4v) is 3.75. The van der Waals surface area contributed by atoms with E-state index in [-0.39, 0.29) is 11.2 Å². The molecule has 1 aromatic heterocycles. The molecule has 118 valence electrons. The third-order valence-corrected chi connectivity index (χ3v) is 5.26. The number of thioether (sulfide) groups is 1. The van der Waals surface area contributed by atoms with Gasteiger partial charge < -0.3 is 10.6 Å². The fourth-order valence-electron chi connectivity index (χ4n) is 1.62. The summed E-state index contributed by atoms with van der Waals surface area (Å²) in [6, 6.07) is 5.73. The van der Waals surface area contributed by atoms with Crippen molar-refractivity contribution in [1.29, 1.82) is 0 Å². The third-order valence-electron chi connectivity index (χ3n) is 2.83. The van der Waals surface area contributed by atoms with Crippen molar-refractivity contribution in [2.45, 2.75) is 30.4 Å². The van der Waals surface area contributed by atoms with Crippen molar-refractivity contribution in [3.63, 3.8) is 0 Å². The smallest absolute Gasteiger partial charge is 0.233 e. The molecule has 1 aromatic carbocycles. The molecule has 2 aromatic rings. The van der Waals surface area contributed by atoms with Crippen LogP contribution in [0.25, 0.3) is 0 Å². The Morgan fingerprint density at radius 3 is 2.91 bits per heavy atom. The maximum atomic E-state index is 11.7. The molecule has 0 unspecified atom stereocenters. The molecule has 0 aliphatic carbocycles. The molecule has 1 atom stereocenters. The average Bonchev–Trinajstić information content (AvgIpc) is 2.90. The first-order chi connectivity index (χ1) is 10.5. The summed E-state index contributed by atoms with van der Waals surface area (Å²) in [6.45, 7) is 6.33. The van der Waals surface area contributed by atoms with Crippen molar-refractivity contribution in [3.05, 3.63) is 28.8 Å². The standard InChI is InChI=1S/C14H17ClN4OS2/c1-4-16-12(20)9(3)21-14-19-18-13(22-14)17-10-6-5-8(2)11(15)7-10/h5-7,9H,4H2,1-3H3,(H,16,20)(H,17,18)/t9-/m1/s1. The van der Waals surface area contributed by atoms with Crippen LogP contribution in [0.5, 0.6) is 0 Å². The number of carbonyl (C=O) groups excluding carboxylic acids is 1. The second-order valence-corrected chi connectivity index (χ2v) is 7.59. The van der Waals surface area contributed by atoms with Crippen LogP contribution in [0.15, 0.2) is 22.5 Å². The molecule has 0 aliphatic heterocycles. The Labute approximate surface area is 142 Å². The quantitative estimate of drug-likeness (QED) is 0.769. The van der Waals surface area contributed by atoms with Gasteiger partial charge in [-0.3, -0.25) is 4.79 Å². The molecule has 1 heterocycles. The molecule has 0 saturated carbocycles. The summed E-state index contributed by atoms with van der Waals surface area (Å²) < 4.78 is 0.750. The minimum Gasteiger partial charge on any atom is -0.355 e. The molecule has 2 N–H and O–H groups in total. The lowest BCUT2D eigenvalue weighted by molar-refractivity contribution is -0.120. The number of amides is 1. The van der Waals surface area contributed by atoms with E-state index in [1.807, 2.05) is 39.0 Å². The number of benzene rings is 1. The summed E-state index contributed by atoms with van der Waals surface area (Å²) in [5.41, 5.74) is 1.89. The molecular formula is C14H17ClN4OS2. The van der Waals surface area contributed by atoms with Crippen molar-refractivity contribution in [2.75, 3.05) is 11.9 Å². The Morgan fingerprint density at radius 2 is 2.23 bits per heavy atom. The van der Waals surface area contributed by atoms with Crippen molar-refractivity contribution in [1.82, 2.24) is 15.5 Å². The second kappa shape index (κ2) is 7.80. The molecule has 5 nitrogen and oxygen atoms in total. The van der Waals surface area contributed by atoms with E-state index in [0.717, 1.165) is 15.6 Å². The first-order valence-corrected chi connectivity index (χ1v) is 8.88. The van der Waals surface area contributed by atoms with Gasteiger partial charge in [-0.05, 0) is 38.5 Å². The monoisotopic (exact) mass is 356 g/mol. The zero-order valence-corrected chi connectivity index (χ0v) is 14.9. The number of aryl methyl sites for hydroxylation is 1. The van der Waals surface area contributed by atoms with Crippen LogP contribution in [0.1, 0.15) is 19.4 Å². The molecule has 8 heteroatoms. The molecule has 0 radical (unpaired) electrons. The number of nitrogens with one attached hydrogen (secondary N) is 2. The summed E-state index contributed by atoms with van der Waals surface area (Å²) in [5, 5.41) is 15.3.